The number of alkyl halides is 3. The molecule has 0 spiro atoms. The van der Waals surface area contributed by atoms with Crippen LogP contribution in [0.5, 0.6) is 11.5 Å². The molecule has 0 aromatic heterocycles. The van der Waals surface area contributed by atoms with Crippen molar-refractivity contribution in [1.82, 2.24) is 0 Å². The van der Waals surface area contributed by atoms with Gasteiger partial charge in [0, 0.05) is 5.56 Å². The maximum absolute atomic E-state index is 11.9. The summed E-state index contributed by atoms with van der Waals surface area (Å²) in [7, 11) is 0. The van der Waals surface area contributed by atoms with Gasteiger partial charge in [0.15, 0.2) is 0 Å². The van der Waals surface area contributed by atoms with Gasteiger partial charge < -0.3 is 14.6 Å². The maximum atomic E-state index is 11.9. The Labute approximate surface area is 90.4 Å². The van der Waals surface area contributed by atoms with Gasteiger partial charge in [-0.05, 0) is 25.1 Å². The number of aliphatic hydroxyl groups is 1. The number of aliphatic hydroxyl groups excluding tert-OH is 1. The average Bonchev–Trinajstić information content (AvgIpc) is 2.18. The van der Waals surface area contributed by atoms with E-state index >= 15 is 0 Å². The molecule has 0 aliphatic rings. The minimum Gasteiger partial charge on any atom is -0.493 e. The second kappa shape index (κ2) is 5.07. The fraction of sp³-hybridized carbons (Fsp3) is 0.300. The molecule has 0 saturated carbocycles. The Morgan fingerprint density at radius 2 is 2.06 bits per heavy atom. The van der Waals surface area contributed by atoms with Crippen LogP contribution in [0.15, 0.2) is 18.2 Å². The van der Waals surface area contributed by atoms with Crippen molar-refractivity contribution in [3.63, 3.8) is 0 Å². The number of hydrogen-bond acceptors (Lipinski definition) is 3. The fourth-order valence-electron chi connectivity index (χ4n) is 1.11. The Hall–Kier alpha value is -1.43. The van der Waals surface area contributed by atoms with Gasteiger partial charge in [-0.3, -0.25) is 0 Å². The van der Waals surface area contributed by atoms with Crippen LogP contribution in [0.25, 0.3) is 0 Å². The van der Waals surface area contributed by atoms with Crippen LogP contribution >= 0.6 is 0 Å². The van der Waals surface area contributed by atoms with Crippen LogP contribution in [-0.4, -0.2) is 18.1 Å². The van der Waals surface area contributed by atoms with Crippen molar-refractivity contribution < 1.29 is 27.8 Å². The van der Waals surface area contributed by atoms with E-state index in [1.165, 1.54) is 6.07 Å². The molecule has 0 aliphatic carbocycles. The van der Waals surface area contributed by atoms with Gasteiger partial charge in [0.2, 0.25) is 0 Å². The Balaban J connectivity index is 2.90. The lowest BCUT2D eigenvalue weighted by Gasteiger charge is -2.12. The minimum absolute atomic E-state index is 0.128. The number of hydrogen-bond donors (Lipinski definition) is 1. The van der Waals surface area contributed by atoms with Crippen molar-refractivity contribution in [2.75, 3.05) is 6.61 Å². The zero-order chi connectivity index (χ0) is 12.2. The largest absolute Gasteiger partial charge is 0.573 e. The fourth-order valence-corrected chi connectivity index (χ4v) is 1.11. The first-order chi connectivity index (χ1) is 7.46. The highest BCUT2D eigenvalue weighted by Crippen LogP contribution is 2.28. The molecule has 0 aliphatic heterocycles. The molecule has 0 atom stereocenters. The molecule has 0 amide bonds. The van der Waals surface area contributed by atoms with Gasteiger partial charge in [-0.15, -0.1) is 13.2 Å². The van der Waals surface area contributed by atoms with E-state index < -0.39 is 12.1 Å². The topological polar surface area (TPSA) is 38.7 Å². The van der Waals surface area contributed by atoms with Gasteiger partial charge in [0.25, 0.3) is 0 Å². The van der Waals surface area contributed by atoms with E-state index in [0.717, 1.165) is 12.1 Å². The summed E-state index contributed by atoms with van der Waals surface area (Å²) in [6.07, 6.45) is -4.75. The number of ether oxygens (including phenoxy) is 2. The molecule has 0 bridgehead atoms. The molecule has 6 heteroatoms. The highest BCUT2D eigenvalue weighted by molar-refractivity contribution is 5.43. The summed E-state index contributed by atoms with van der Waals surface area (Å²) in [4.78, 5) is 0. The monoisotopic (exact) mass is 235 g/mol. The summed E-state index contributed by atoms with van der Waals surface area (Å²) in [5.41, 5.74) is 0.128. The van der Waals surface area contributed by atoms with Gasteiger partial charge in [0.05, 0.1) is 6.61 Å². The first-order valence-corrected chi connectivity index (χ1v) is 4.46. The van der Waals surface area contributed by atoms with Crippen LogP contribution in [0.3, 0.4) is 0 Å². The van der Waals surface area contributed by atoms with Crippen molar-refractivity contribution in [2.45, 2.75) is 13.3 Å². The number of rotatable bonds is 4. The van der Waals surface area contributed by atoms with E-state index in [4.69, 9.17) is 9.84 Å². The first kappa shape index (κ1) is 12.6. The maximum Gasteiger partial charge on any atom is 0.573 e. The molecule has 0 fully saturated rings. The Bertz CT molecular complexity index is 350. The summed E-state index contributed by atoms with van der Waals surface area (Å²) >= 11 is 0. The second-order valence-electron chi connectivity index (χ2n) is 2.81. The van der Waals surface area contributed by atoms with E-state index in [1.807, 2.05) is 0 Å². The Morgan fingerprint density at radius 1 is 1.38 bits per heavy atom. The Kier molecular flexibility index (Phi) is 4.00. The molecule has 1 aromatic rings. The van der Waals surface area contributed by atoms with Crippen molar-refractivity contribution in [2.24, 2.45) is 0 Å². The molecule has 0 unspecified atom stereocenters. The van der Waals surface area contributed by atoms with Crippen LogP contribution in [-0.2, 0) is 0 Å². The number of benzene rings is 1. The number of halogens is 3. The minimum atomic E-state index is -4.75. The molecular formula is C10H10F3O3. The van der Waals surface area contributed by atoms with E-state index in [1.54, 1.807) is 6.92 Å². The Morgan fingerprint density at radius 3 is 2.56 bits per heavy atom. The molecule has 0 saturated heterocycles. The van der Waals surface area contributed by atoms with Crippen LogP contribution in [0.1, 0.15) is 12.5 Å². The highest BCUT2D eigenvalue weighted by Gasteiger charge is 2.31. The van der Waals surface area contributed by atoms with Crippen LogP contribution in [0.4, 0.5) is 13.2 Å². The molecule has 3 nitrogen and oxygen atoms in total. The summed E-state index contributed by atoms with van der Waals surface area (Å²) in [6, 6.07) is 3.45. The summed E-state index contributed by atoms with van der Waals surface area (Å²) in [6.45, 7) is 2.73. The molecular weight excluding hydrogens is 225 g/mol. The highest BCUT2D eigenvalue weighted by atomic mass is 19.4. The zero-order valence-electron chi connectivity index (χ0n) is 8.41. The molecule has 1 rings (SSSR count). The molecule has 89 valence electrons. The lowest BCUT2D eigenvalue weighted by Crippen LogP contribution is -2.17. The van der Waals surface area contributed by atoms with Gasteiger partial charge >= 0.3 is 6.36 Å². The normalized spacial score (nSPS) is 11.3. The van der Waals surface area contributed by atoms with Crippen molar-refractivity contribution in [1.29, 1.82) is 0 Å². The van der Waals surface area contributed by atoms with Gasteiger partial charge in [-0.1, -0.05) is 0 Å². The lowest BCUT2D eigenvalue weighted by atomic mass is 10.2. The van der Waals surface area contributed by atoms with Crippen molar-refractivity contribution >= 4 is 0 Å². The van der Waals surface area contributed by atoms with E-state index in [9.17, 15) is 13.2 Å². The molecule has 1 aromatic carbocycles. The van der Waals surface area contributed by atoms with E-state index in [-0.39, 0.29) is 5.56 Å². The third kappa shape index (κ3) is 3.62. The predicted molar refractivity (Wildman–Crippen MR) is 49.6 cm³/mol. The van der Waals surface area contributed by atoms with Gasteiger partial charge in [-0.2, -0.15) is 0 Å². The lowest BCUT2D eigenvalue weighted by molar-refractivity contribution is -0.274. The van der Waals surface area contributed by atoms with Crippen LogP contribution in [0.2, 0.25) is 0 Å². The summed E-state index contributed by atoms with van der Waals surface area (Å²) in [5.74, 6) is -0.115. The van der Waals surface area contributed by atoms with Gasteiger partial charge in [0.1, 0.15) is 18.1 Å². The quantitative estimate of drug-likeness (QED) is 0.872. The zero-order valence-corrected chi connectivity index (χ0v) is 8.41. The van der Waals surface area contributed by atoms with Crippen LogP contribution in [0, 0.1) is 6.61 Å². The van der Waals surface area contributed by atoms with E-state index in [2.05, 4.69) is 4.74 Å². The van der Waals surface area contributed by atoms with Crippen molar-refractivity contribution in [3.05, 3.63) is 30.4 Å². The summed E-state index contributed by atoms with van der Waals surface area (Å²) < 4.78 is 44.5. The average molecular weight is 235 g/mol. The third-order valence-corrected chi connectivity index (χ3v) is 1.65. The van der Waals surface area contributed by atoms with Crippen LogP contribution < -0.4 is 9.47 Å². The standard InChI is InChI=1S/C10H10F3O3/c1-2-15-9-4-3-8(5-7(9)6-14)16-10(11,12)13/h3-6,14H,2H2,1H3. The predicted octanol–water partition coefficient (Wildman–Crippen LogP) is 2.87. The smallest absolute Gasteiger partial charge is 0.493 e. The first-order valence-electron chi connectivity index (χ1n) is 4.46. The molecule has 0 heterocycles. The molecule has 16 heavy (non-hydrogen) atoms. The molecule has 1 radical (unpaired) electrons. The third-order valence-electron chi connectivity index (χ3n) is 1.65. The second-order valence-corrected chi connectivity index (χ2v) is 2.81. The summed E-state index contributed by atoms with van der Waals surface area (Å²) in [5, 5.41) is 8.83. The van der Waals surface area contributed by atoms with E-state index in [0.29, 0.717) is 19.0 Å². The van der Waals surface area contributed by atoms with Crippen molar-refractivity contribution in [3.8, 4) is 11.5 Å². The van der Waals surface area contributed by atoms with Gasteiger partial charge in [-0.25, -0.2) is 0 Å². The molecule has 1 N–H and O–H groups in total. The SMILES string of the molecule is CCOc1ccc(OC(F)(F)F)cc1[CH]O.